The number of halogens is 6. The summed E-state index contributed by atoms with van der Waals surface area (Å²) in [5.41, 5.74) is -1.90. The van der Waals surface area contributed by atoms with Crippen LogP contribution in [0.25, 0.3) is 0 Å². The Labute approximate surface area is 184 Å². The van der Waals surface area contributed by atoms with E-state index in [0.717, 1.165) is 42.7 Å². The van der Waals surface area contributed by atoms with Crippen molar-refractivity contribution in [1.82, 2.24) is 5.32 Å². The van der Waals surface area contributed by atoms with Crippen LogP contribution < -0.4 is 10.2 Å². The Morgan fingerprint density at radius 2 is 1.69 bits per heavy atom. The molecule has 1 fully saturated rings. The van der Waals surface area contributed by atoms with Gasteiger partial charge in [-0.2, -0.15) is 26.3 Å². The average molecular weight is 478 g/mol. The second kappa shape index (κ2) is 9.51. The van der Waals surface area contributed by atoms with Crippen molar-refractivity contribution in [3.05, 3.63) is 52.2 Å². The molecule has 0 aliphatic heterocycles. The Hall–Kier alpha value is -2.56. The summed E-state index contributed by atoms with van der Waals surface area (Å²) in [6.07, 6.45) is -6.31. The molecule has 174 valence electrons. The molecule has 1 atom stereocenters. The largest absolute Gasteiger partial charge is 0.471 e. The average Bonchev–Trinajstić information content (AvgIpc) is 3.25. The highest BCUT2D eigenvalue weighted by atomic mass is 32.1. The Balaban J connectivity index is 2.08. The molecule has 1 aliphatic carbocycles. The van der Waals surface area contributed by atoms with Crippen molar-refractivity contribution in [2.24, 2.45) is 0 Å². The van der Waals surface area contributed by atoms with Crippen LogP contribution >= 0.6 is 11.3 Å². The minimum absolute atomic E-state index is 0.105. The van der Waals surface area contributed by atoms with Gasteiger partial charge in [0.1, 0.15) is 0 Å². The molecular formula is C21H20F6N2O2S. The summed E-state index contributed by atoms with van der Waals surface area (Å²) in [7, 11) is 0. The maximum absolute atomic E-state index is 13.5. The van der Waals surface area contributed by atoms with Gasteiger partial charge in [0.25, 0.3) is 0 Å². The number of benzene rings is 1. The normalized spacial score (nSPS) is 16.4. The number of hydrogen-bond donors (Lipinski definition) is 1. The van der Waals surface area contributed by atoms with E-state index in [4.69, 9.17) is 0 Å². The standard InChI is InChI=1S/C21H20F6N2O2S/c22-20(23,24)13-6-4-9-15(12-13)29(19(31)21(25,26)27)17(16-10-5-11-32-16)18(30)28-14-7-2-1-3-8-14/h4-6,9-12,14,17H,1-3,7-8H2,(H,28,30). The van der Waals surface area contributed by atoms with Gasteiger partial charge in [0, 0.05) is 16.6 Å². The number of nitrogens with zero attached hydrogens (tertiary/aromatic N) is 1. The fourth-order valence-corrected chi connectivity index (χ4v) is 4.51. The van der Waals surface area contributed by atoms with Crippen molar-refractivity contribution in [3.63, 3.8) is 0 Å². The third kappa shape index (κ3) is 5.62. The van der Waals surface area contributed by atoms with E-state index in [2.05, 4.69) is 5.32 Å². The monoisotopic (exact) mass is 478 g/mol. The molecule has 0 radical (unpaired) electrons. The molecule has 2 aromatic rings. The van der Waals surface area contributed by atoms with E-state index >= 15 is 0 Å². The Kier molecular flexibility index (Phi) is 7.16. The molecule has 0 saturated heterocycles. The number of anilines is 1. The first-order chi connectivity index (χ1) is 15.0. The zero-order valence-corrected chi connectivity index (χ0v) is 17.5. The Morgan fingerprint density at radius 3 is 2.25 bits per heavy atom. The van der Waals surface area contributed by atoms with Crippen LogP contribution in [-0.4, -0.2) is 24.0 Å². The van der Waals surface area contributed by atoms with Gasteiger partial charge in [-0.25, -0.2) is 0 Å². The lowest BCUT2D eigenvalue weighted by atomic mass is 9.95. The molecule has 1 aliphatic rings. The highest BCUT2D eigenvalue weighted by Crippen LogP contribution is 2.38. The van der Waals surface area contributed by atoms with Crippen molar-refractivity contribution in [3.8, 4) is 0 Å². The van der Waals surface area contributed by atoms with E-state index in [0.29, 0.717) is 25.0 Å². The molecule has 1 aromatic heterocycles. The van der Waals surface area contributed by atoms with Gasteiger partial charge in [-0.3, -0.25) is 14.5 Å². The zero-order chi connectivity index (χ0) is 23.5. The van der Waals surface area contributed by atoms with Crippen LogP contribution in [0.3, 0.4) is 0 Å². The second-order valence-electron chi connectivity index (χ2n) is 7.48. The van der Waals surface area contributed by atoms with E-state index in [-0.39, 0.29) is 15.8 Å². The van der Waals surface area contributed by atoms with Gasteiger partial charge in [-0.15, -0.1) is 11.3 Å². The summed E-state index contributed by atoms with van der Waals surface area (Å²) >= 11 is 0.938. The zero-order valence-electron chi connectivity index (χ0n) is 16.7. The molecule has 2 amide bonds. The second-order valence-corrected chi connectivity index (χ2v) is 8.46. The van der Waals surface area contributed by atoms with Gasteiger partial charge in [0.05, 0.1) is 5.56 Å². The molecule has 0 bridgehead atoms. The summed E-state index contributed by atoms with van der Waals surface area (Å²) in [5, 5.41) is 4.21. The number of amides is 2. The lowest BCUT2D eigenvalue weighted by Gasteiger charge is -2.33. The van der Waals surface area contributed by atoms with Gasteiger partial charge in [0.15, 0.2) is 6.04 Å². The van der Waals surface area contributed by atoms with E-state index < -0.39 is 41.5 Å². The van der Waals surface area contributed by atoms with Crippen molar-refractivity contribution >= 4 is 28.8 Å². The third-order valence-corrected chi connectivity index (χ3v) is 6.11. The van der Waals surface area contributed by atoms with Gasteiger partial charge in [-0.1, -0.05) is 31.4 Å². The SMILES string of the molecule is O=C(NC1CCCCC1)C(c1cccs1)N(C(=O)C(F)(F)F)c1cccc(C(F)(F)F)c1. The molecule has 11 heteroatoms. The summed E-state index contributed by atoms with van der Waals surface area (Å²) < 4.78 is 80.1. The molecule has 3 rings (SSSR count). The number of thiophene rings is 1. The first-order valence-corrected chi connectivity index (χ1v) is 10.8. The quantitative estimate of drug-likeness (QED) is 0.548. The summed E-state index contributed by atoms with van der Waals surface area (Å²) in [5.74, 6) is -3.29. The highest BCUT2D eigenvalue weighted by molar-refractivity contribution is 7.10. The van der Waals surface area contributed by atoms with E-state index in [1.165, 1.54) is 17.5 Å². The molecular weight excluding hydrogens is 458 g/mol. The molecule has 1 N–H and O–H groups in total. The van der Waals surface area contributed by atoms with E-state index in [9.17, 15) is 35.9 Å². The van der Waals surface area contributed by atoms with Crippen LogP contribution in [-0.2, 0) is 15.8 Å². The van der Waals surface area contributed by atoms with Crippen LogP contribution in [0.5, 0.6) is 0 Å². The van der Waals surface area contributed by atoms with Crippen molar-refractivity contribution < 1.29 is 35.9 Å². The lowest BCUT2D eigenvalue weighted by molar-refractivity contribution is -0.171. The first kappa shape index (κ1) is 24.1. The van der Waals surface area contributed by atoms with Crippen LogP contribution in [0, 0.1) is 0 Å². The van der Waals surface area contributed by atoms with Gasteiger partial charge < -0.3 is 5.32 Å². The Morgan fingerprint density at radius 1 is 1.00 bits per heavy atom. The summed E-state index contributed by atoms with van der Waals surface area (Å²) in [6, 6.07) is 3.80. The summed E-state index contributed by atoms with van der Waals surface area (Å²) in [6.45, 7) is 0. The predicted molar refractivity (Wildman–Crippen MR) is 107 cm³/mol. The summed E-state index contributed by atoms with van der Waals surface area (Å²) in [4.78, 5) is 25.8. The lowest BCUT2D eigenvalue weighted by Crippen LogP contribution is -2.50. The minimum atomic E-state index is -5.41. The number of carbonyl (C=O) groups excluding carboxylic acids is 2. The number of nitrogens with one attached hydrogen (secondary N) is 1. The third-order valence-electron chi connectivity index (χ3n) is 5.18. The van der Waals surface area contributed by atoms with Crippen molar-refractivity contribution in [2.75, 3.05) is 4.90 Å². The molecule has 1 saturated carbocycles. The van der Waals surface area contributed by atoms with Crippen LogP contribution in [0.4, 0.5) is 32.0 Å². The topological polar surface area (TPSA) is 49.4 Å². The van der Waals surface area contributed by atoms with Crippen molar-refractivity contribution in [1.29, 1.82) is 0 Å². The van der Waals surface area contributed by atoms with Gasteiger partial charge >= 0.3 is 18.3 Å². The maximum Gasteiger partial charge on any atom is 0.471 e. The highest BCUT2D eigenvalue weighted by Gasteiger charge is 2.48. The molecule has 32 heavy (non-hydrogen) atoms. The maximum atomic E-state index is 13.5. The molecule has 0 spiro atoms. The van der Waals surface area contributed by atoms with Crippen LogP contribution in [0.2, 0.25) is 0 Å². The number of rotatable bonds is 5. The molecule has 1 aromatic carbocycles. The van der Waals surface area contributed by atoms with E-state index in [1.807, 2.05) is 0 Å². The number of carbonyl (C=O) groups is 2. The number of hydrogen-bond acceptors (Lipinski definition) is 3. The number of alkyl halides is 6. The molecule has 1 heterocycles. The molecule has 4 nitrogen and oxygen atoms in total. The Bertz CT molecular complexity index is 937. The first-order valence-electron chi connectivity index (χ1n) is 9.90. The van der Waals surface area contributed by atoms with Crippen LogP contribution in [0.1, 0.15) is 48.6 Å². The van der Waals surface area contributed by atoms with E-state index in [1.54, 1.807) is 0 Å². The minimum Gasteiger partial charge on any atom is -0.351 e. The van der Waals surface area contributed by atoms with Gasteiger partial charge in [-0.05, 0) is 42.5 Å². The fraction of sp³-hybridized carbons (Fsp3) is 0.429. The molecule has 1 unspecified atom stereocenters. The fourth-order valence-electron chi connectivity index (χ4n) is 3.70. The van der Waals surface area contributed by atoms with Crippen LogP contribution in [0.15, 0.2) is 41.8 Å². The smallest absolute Gasteiger partial charge is 0.351 e. The van der Waals surface area contributed by atoms with Crippen molar-refractivity contribution in [2.45, 2.75) is 56.5 Å². The predicted octanol–water partition coefficient (Wildman–Crippen LogP) is 5.85. The van der Waals surface area contributed by atoms with Gasteiger partial charge in [0.2, 0.25) is 5.91 Å².